The summed E-state index contributed by atoms with van der Waals surface area (Å²) in [5.41, 5.74) is 2.58. The topological polar surface area (TPSA) is 17.8 Å². The fraction of sp³-hybridized carbons (Fsp3) is 0.625. The Morgan fingerprint density at radius 3 is 3.20 bits per heavy atom. The molecule has 0 bridgehead atoms. The summed E-state index contributed by atoms with van der Waals surface area (Å²) >= 11 is 0. The minimum Gasteiger partial charge on any atom is -0.269 e. The molecule has 2 nitrogen and oxygen atoms in total. The Balaban J connectivity index is 2.41. The maximum absolute atomic E-state index is 4.37. The van der Waals surface area contributed by atoms with Gasteiger partial charge >= 0.3 is 0 Å². The van der Waals surface area contributed by atoms with Crippen LogP contribution in [0.25, 0.3) is 0 Å². The number of hydrogen-bond acceptors (Lipinski definition) is 1. The molecular formula is C8H12N2. The standard InChI is InChI=1S/C8H12N2/c1-7-6-8-4-2-3-5-10(8)9-7/h6H,2-5H2,1H3. The SMILES string of the molecule is Cc1cc2n(n1)CCCC2. The molecule has 0 spiro atoms. The van der Waals surface area contributed by atoms with Crippen LogP contribution in [0.4, 0.5) is 0 Å². The molecule has 10 heavy (non-hydrogen) atoms. The highest BCUT2D eigenvalue weighted by Gasteiger charge is 2.08. The van der Waals surface area contributed by atoms with Crippen LogP contribution in [-0.4, -0.2) is 9.78 Å². The Bertz CT molecular complexity index is 214. The number of aryl methyl sites for hydroxylation is 3. The zero-order valence-electron chi connectivity index (χ0n) is 6.30. The van der Waals surface area contributed by atoms with Crippen LogP contribution in [0.3, 0.4) is 0 Å². The third-order valence-electron chi connectivity index (χ3n) is 2.04. The molecule has 0 amide bonds. The van der Waals surface area contributed by atoms with Crippen molar-refractivity contribution in [1.29, 1.82) is 0 Å². The van der Waals surface area contributed by atoms with E-state index in [1.54, 1.807) is 0 Å². The maximum atomic E-state index is 4.37. The normalized spacial score (nSPS) is 16.9. The van der Waals surface area contributed by atoms with Crippen molar-refractivity contribution in [3.63, 3.8) is 0 Å². The highest BCUT2D eigenvalue weighted by molar-refractivity contribution is 5.10. The summed E-state index contributed by atoms with van der Waals surface area (Å²) in [7, 11) is 0. The van der Waals surface area contributed by atoms with E-state index >= 15 is 0 Å². The second-order valence-electron chi connectivity index (χ2n) is 2.96. The van der Waals surface area contributed by atoms with Gasteiger partial charge < -0.3 is 0 Å². The predicted molar refractivity (Wildman–Crippen MR) is 39.9 cm³/mol. The van der Waals surface area contributed by atoms with Crippen molar-refractivity contribution < 1.29 is 0 Å². The summed E-state index contributed by atoms with van der Waals surface area (Å²) in [6, 6.07) is 2.19. The van der Waals surface area contributed by atoms with Gasteiger partial charge in [0.2, 0.25) is 0 Å². The summed E-state index contributed by atoms with van der Waals surface area (Å²) in [5, 5.41) is 4.37. The van der Waals surface area contributed by atoms with Crippen molar-refractivity contribution in [2.75, 3.05) is 0 Å². The van der Waals surface area contributed by atoms with Gasteiger partial charge in [-0.3, -0.25) is 4.68 Å². The van der Waals surface area contributed by atoms with Crippen LogP contribution in [-0.2, 0) is 13.0 Å². The maximum Gasteiger partial charge on any atom is 0.0596 e. The average molecular weight is 136 g/mol. The van der Waals surface area contributed by atoms with Crippen molar-refractivity contribution >= 4 is 0 Å². The van der Waals surface area contributed by atoms with Crippen LogP contribution >= 0.6 is 0 Å². The molecule has 0 atom stereocenters. The summed E-state index contributed by atoms with van der Waals surface area (Å²) in [6.45, 7) is 3.19. The minimum absolute atomic E-state index is 1.13. The summed E-state index contributed by atoms with van der Waals surface area (Å²) < 4.78 is 2.14. The molecule has 0 aromatic carbocycles. The van der Waals surface area contributed by atoms with Crippen LogP contribution in [0.15, 0.2) is 6.07 Å². The zero-order chi connectivity index (χ0) is 6.97. The number of rotatable bonds is 0. The fourth-order valence-corrected chi connectivity index (χ4v) is 1.56. The van der Waals surface area contributed by atoms with E-state index in [1.807, 2.05) is 0 Å². The zero-order valence-corrected chi connectivity index (χ0v) is 6.30. The average Bonchev–Trinajstić information content (AvgIpc) is 2.27. The molecule has 0 aliphatic carbocycles. The molecule has 1 aromatic rings. The van der Waals surface area contributed by atoms with Crippen molar-refractivity contribution in [3.8, 4) is 0 Å². The lowest BCUT2D eigenvalue weighted by molar-refractivity contribution is 0.484. The van der Waals surface area contributed by atoms with Crippen molar-refractivity contribution in [1.82, 2.24) is 9.78 Å². The number of aromatic nitrogens is 2. The molecule has 0 unspecified atom stereocenters. The molecule has 54 valence electrons. The highest BCUT2D eigenvalue weighted by Crippen LogP contribution is 2.14. The van der Waals surface area contributed by atoms with Gasteiger partial charge in [0.15, 0.2) is 0 Å². The third-order valence-corrected chi connectivity index (χ3v) is 2.04. The molecule has 1 aromatic heterocycles. The van der Waals surface area contributed by atoms with E-state index in [4.69, 9.17) is 0 Å². The van der Waals surface area contributed by atoms with Gasteiger partial charge in [-0.05, 0) is 32.3 Å². The van der Waals surface area contributed by atoms with Gasteiger partial charge in [-0.15, -0.1) is 0 Å². The van der Waals surface area contributed by atoms with Crippen LogP contribution in [0.2, 0.25) is 0 Å². The first-order valence-corrected chi connectivity index (χ1v) is 3.89. The lowest BCUT2D eigenvalue weighted by Gasteiger charge is -2.11. The van der Waals surface area contributed by atoms with E-state index in [0.717, 1.165) is 12.2 Å². The molecule has 0 saturated heterocycles. The predicted octanol–water partition coefficient (Wildman–Crippen LogP) is 1.53. The van der Waals surface area contributed by atoms with E-state index in [0.29, 0.717) is 0 Å². The fourth-order valence-electron chi connectivity index (χ4n) is 1.56. The van der Waals surface area contributed by atoms with Crippen LogP contribution < -0.4 is 0 Å². The Morgan fingerprint density at radius 1 is 1.50 bits per heavy atom. The molecule has 1 aliphatic heterocycles. The summed E-state index contributed by atoms with van der Waals surface area (Å²) in [5.74, 6) is 0. The highest BCUT2D eigenvalue weighted by atomic mass is 15.3. The van der Waals surface area contributed by atoms with Crippen LogP contribution in [0.5, 0.6) is 0 Å². The molecule has 0 radical (unpaired) electrons. The van der Waals surface area contributed by atoms with Crippen LogP contribution in [0, 0.1) is 6.92 Å². The molecule has 2 heteroatoms. The first-order valence-electron chi connectivity index (χ1n) is 3.89. The number of hydrogen-bond donors (Lipinski definition) is 0. The van der Waals surface area contributed by atoms with E-state index in [2.05, 4.69) is 22.8 Å². The summed E-state index contributed by atoms with van der Waals surface area (Å²) in [6.07, 6.45) is 3.86. The van der Waals surface area contributed by atoms with Gasteiger partial charge in [-0.1, -0.05) is 0 Å². The molecule has 0 fully saturated rings. The van der Waals surface area contributed by atoms with Gasteiger partial charge in [0.05, 0.1) is 5.69 Å². The number of fused-ring (bicyclic) bond motifs is 1. The third kappa shape index (κ3) is 0.838. The van der Waals surface area contributed by atoms with Gasteiger partial charge in [0.1, 0.15) is 0 Å². The molecule has 2 heterocycles. The summed E-state index contributed by atoms with van der Waals surface area (Å²) in [4.78, 5) is 0. The van der Waals surface area contributed by atoms with Crippen molar-refractivity contribution in [2.45, 2.75) is 32.7 Å². The second-order valence-corrected chi connectivity index (χ2v) is 2.96. The number of nitrogens with zero attached hydrogens (tertiary/aromatic N) is 2. The van der Waals surface area contributed by atoms with E-state index in [9.17, 15) is 0 Å². The van der Waals surface area contributed by atoms with Gasteiger partial charge in [-0.25, -0.2) is 0 Å². The molecular weight excluding hydrogens is 124 g/mol. The van der Waals surface area contributed by atoms with Gasteiger partial charge in [0.25, 0.3) is 0 Å². The van der Waals surface area contributed by atoms with E-state index in [-0.39, 0.29) is 0 Å². The second kappa shape index (κ2) is 2.11. The lowest BCUT2D eigenvalue weighted by Crippen LogP contribution is -2.10. The smallest absolute Gasteiger partial charge is 0.0596 e. The molecule has 0 N–H and O–H groups in total. The van der Waals surface area contributed by atoms with Crippen molar-refractivity contribution in [2.24, 2.45) is 0 Å². The van der Waals surface area contributed by atoms with Crippen molar-refractivity contribution in [3.05, 3.63) is 17.5 Å². The van der Waals surface area contributed by atoms with Gasteiger partial charge in [-0.2, -0.15) is 5.10 Å². The first-order chi connectivity index (χ1) is 4.86. The Hall–Kier alpha value is -0.790. The monoisotopic (exact) mass is 136 g/mol. The molecule has 0 saturated carbocycles. The molecule has 1 aliphatic rings. The quantitative estimate of drug-likeness (QED) is 0.529. The van der Waals surface area contributed by atoms with Crippen LogP contribution in [0.1, 0.15) is 24.2 Å². The molecule has 2 rings (SSSR count). The minimum atomic E-state index is 1.13. The first kappa shape index (κ1) is 5.96. The Morgan fingerprint density at radius 2 is 2.40 bits per heavy atom. The Labute approximate surface area is 60.9 Å². The lowest BCUT2D eigenvalue weighted by atomic mass is 10.1. The largest absolute Gasteiger partial charge is 0.269 e. The van der Waals surface area contributed by atoms with Gasteiger partial charge in [0, 0.05) is 12.2 Å². The Kier molecular flexibility index (Phi) is 1.26. The van der Waals surface area contributed by atoms with E-state index in [1.165, 1.54) is 25.0 Å². The van der Waals surface area contributed by atoms with E-state index < -0.39 is 0 Å².